The lowest BCUT2D eigenvalue weighted by Gasteiger charge is -2.01. The molecule has 0 unspecified atom stereocenters. The fourth-order valence-electron chi connectivity index (χ4n) is 2.39. The smallest absolute Gasteiger partial charge is 0.306 e. The summed E-state index contributed by atoms with van der Waals surface area (Å²) < 4.78 is 2.57. The number of para-hydroxylation sites is 2. The molecule has 92 valence electrons. The highest BCUT2D eigenvalue weighted by molar-refractivity contribution is 9.10. The zero-order chi connectivity index (χ0) is 13.0. The van der Waals surface area contributed by atoms with Crippen LogP contribution in [-0.2, 0) is 0 Å². The molecule has 2 heterocycles. The van der Waals surface area contributed by atoms with E-state index in [4.69, 9.17) is 0 Å². The number of fused-ring (bicyclic) bond motifs is 5. The molecule has 4 aromatic rings. The van der Waals surface area contributed by atoms with Crippen LogP contribution in [0, 0.1) is 0 Å². The van der Waals surface area contributed by atoms with Gasteiger partial charge in [0.15, 0.2) is 5.65 Å². The second-order valence-electron chi connectivity index (χ2n) is 4.38. The number of nitrogens with one attached hydrogen (secondary N) is 1. The SMILES string of the molecule is O=c1[nH]c2ccc(Br)cc2c2nc3ccccc3n12. The van der Waals surface area contributed by atoms with Crippen LogP contribution in [0.4, 0.5) is 0 Å². The first-order valence-corrected chi connectivity index (χ1v) is 6.62. The van der Waals surface area contributed by atoms with Gasteiger partial charge in [-0.2, -0.15) is 0 Å². The summed E-state index contributed by atoms with van der Waals surface area (Å²) in [6, 6.07) is 13.4. The predicted molar refractivity (Wildman–Crippen MR) is 78.5 cm³/mol. The quantitative estimate of drug-likeness (QED) is 0.542. The topological polar surface area (TPSA) is 50.2 Å². The van der Waals surface area contributed by atoms with Gasteiger partial charge in [0.2, 0.25) is 0 Å². The third kappa shape index (κ3) is 1.45. The van der Waals surface area contributed by atoms with Crippen LogP contribution in [0.3, 0.4) is 0 Å². The standard InChI is InChI=1S/C14H8BrN3O/c15-8-5-6-10-9(7-8)13-16-11-3-1-2-4-12(11)18(13)14(19)17-10/h1-7H,(H,17,19). The number of halogens is 1. The molecule has 0 bridgehead atoms. The van der Waals surface area contributed by atoms with Crippen LogP contribution in [0.2, 0.25) is 0 Å². The van der Waals surface area contributed by atoms with Crippen LogP contribution in [0.25, 0.3) is 27.6 Å². The van der Waals surface area contributed by atoms with Crippen molar-refractivity contribution >= 4 is 43.5 Å². The van der Waals surface area contributed by atoms with Crippen LogP contribution >= 0.6 is 15.9 Å². The molecular formula is C14H8BrN3O. The molecule has 2 aromatic carbocycles. The molecule has 1 N–H and O–H groups in total. The molecular weight excluding hydrogens is 306 g/mol. The summed E-state index contributed by atoms with van der Waals surface area (Å²) in [7, 11) is 0. The van der Waals surface area contributed by atoms with Gasteiger partial charge in [-0.25, -0.2) is 14.2 Å². The minimum atomic E-state index is -0.168. The van der Waals surface area contributed by atoms with Gasteiger partial charge in [-0.3, -0.25) is 0 Å². The maximum atomic E-state index is 12.2. The van der Waals surface area contributed by atoms with E-state index in [9.17, 15) is 4.79 Å². The second-order valence-corrected chi connectivity index (χ2v) is 5.30. The third-order valence-electron chi connectivity index (χ3n) is 3.23. The Kier molecular flexibility index (Phi) is 2.08. The largest absolute Gasteiger partial charge is 0.332 e. The molecule has 0 aliphatic heterocycles. The minimum Gasteiger partial charge on any atom is -0.306 e. The van der Waals surface area contributed by atoms with Crippen molar-refractivity contribution in [3.63, 3.8) is 0 Å². The number of imidazole rings is 1. The van der Waals surface area contributed by atoms with Crippen molar-refractivity contribution in [1.82, 2.24) is 14.4 Å². The van der Waals surface area contributed by atoms with Gasteiger partial charge in [0, 0.05) is 9.86 Å². The number of hydrogen-bond donors (Lipinski definition) is 1. The average Bonchev–Trinajstić information content (AvgIpc) is 2.80. The molecule has 0 aliphatic rings. The second kappa shape index (κ2) is 3.68. The molecule has 0 saturated carbocycles. The number of rotatable bonds is 0. The van der Waals surface area contributed by atoms with Gasteiger partial charge in [-0.05, 0) is 30.3 Å². The van der Waals surface area contributed by atoms with E-state index >= 15 is 0 Å². The number of H-pyrrole nitrogens is 1. The number of aromatic amines is 1. The van der Waals surface area contributed by atoms with E-state index in [0.29, 0.717) is 5.65 Å². The van der Waals surface area contributed by atoms with Crippen LogP contribution in [0.5, 0.6) is 0 Å². The van der Waals surface area contributed by atoms with Crippen molar-refractivity contribution in [1.29, 1.82) is 0 Å². The summed E-state index contributed by atoms with van der Waals surface area (Å²) in [6.45, 7) is 0. The van der Waals surface area contributed by atoms with Crippen LogP contribution in [0.15, 0.2) is 51.7 Å². The molecule has 0 amide bonds. The first-order valence-electron chi connectivity index (χ1n) is 5.83. The first-order chi connectivity index (χ1) is 9.24. The summed E-state index contributed by atoms with van der Waals surface area (Å²) in [5.41, 5.74) is 2.94. The fourth-order valence-corrected chi connectivity index (χ4v) is 2.75. The van der Waals surface area contributed by atoms with Gasteiger partial charge < -0.3 is 4.98 Å². The van der Waals surface area contributed by atoms with Gasteiger partial charge in [0.25, 0.3) is 0 Å². The molecule has 4 rings (SSSR count). The number of aromatic nitrogens is 3. The summed E-state index contributed by atoms with van der Waals surface area (Å²) >= 11 is 3.45. The monoisotopic (exact) mass is 313 g/mol. The lowest BCUT2D eigenvalue weighted by molar-refractivity contribution is 1.06. The van der Waals surface area contributed by atoms with Crippen molar-refractivity contribution in [2.45, 2.75) is 0 Å². The number of hydrogen-bond acceptors (Lipinski definition) is 2. The molecule has 0 radical (unpaired) electrons. The van der Waals surface area contributed by atoms with Crippen LogP contribution in [0.1, 0.15) is 0 Å². The molecule has 0 fully saturated rings. The summed E-state index contributed by atoms with van der Waals surface area (Å²) in [5.74, 6) is 0. The van der Waals surface area contributed by atoms with E-state index in [1.54, 1.807) is 4.40 Å². The zero-order valence-corrected chi connectivity index (χ0v) is 11.3. The minimum absolute atomic E-state index is 0.168. The Morgan fingerprint density at radius 2 is 2.00 bits per heavy atom. The molecule has 0 spiro atoms. The van der Waals surface area contributed by atoms with E-state index in [1.165, 1.54) is 0 Å². The molecule has 0 aliphatic carbocycles. The van der Waals surface area contributed by atoms with Crippen molar-refractivity contribution in [2.75, 3.05) is 0 Å². The van der Waals surface area contributed by atoms with E-state index < -0.39 is 0 Å². The highest BCUT2D eigenvalue weighted by atomic mass is 79.9. The van der Waals surface area contributed by atoms with E-state index in [0.717, 1.165) is 26.4 Å². The maximum absolute atomic E-state index is 12.2. The Bertz CT molecular complexity index is 1000. The average molecular weight is 314 g/mol. The van der Waals surface area contributed by atoms with Gasteiger partial charge in [0.1, 0.15) is 0 Å². The normalized spacial score (nSPS) is 11.6. The third-order valence-corrected chi connectivity index (χ3v) is 3.72. The molecule has 0 atom stereocenters. The van der Waals surface area contributed by atoms with Crippen LogP contribution in [-0.4, -0.2) is 14.4 Å². The predicted octanol–water partition coefficient (Wildman–Crippen LogP) is 3.09. The number of nitrogens with zero attached hydrogens (tertiary/aromatic N) is 2. The zero-order valence-electron chi connectivity index (χ0n) is 9.72. The highest BCUT2D eigenvalue weighted by Crippen LogP contribution is 2.23. The number of benzene rings is 2. The Morgan fingerprint density at radius 3 is 2.89 bits per heavy atom. The van der Waals surface area contributed by atoms with Gasteiger partial charge in [0.05, 0.1) is 16.6 Å². The van der Waals surface area contributed by atoms with Gasteiger partial charge in [-0.15, -0.1) is 0 Å². The summed E-state index contributed by atoms with van der Waals surface area (Å²) in [5, 5.41) is 0.921. The highest BCUT2D eigenvalue weighted by Gasteiger charge is 2.10. The lowest BCUT2D eigenvalue weighted by atomic mass is 10.2. The van der Waals surface area contributed by atoms with Crippen molar-refractivity contribution < 1.29 is 0 Å². The van der Waals surface area contributed by atoms with Gasteiger partial charge in [-0.1, -0.05) is 28.1 Å². The maximum Gasteiger partial charge on any atom is 0.332 e. The Hall–Kier alpha value is -2.14. The lowest BCUT2D eigenvalue weighted by Crippen LogP contribution is -2.15. The van der Waals surface area contributed by atoms with Crippen molar-refractivity contribution in [3.8, 4) is 0 Å². The Labute approximate surface area is 115 Å². The molecule has 4 nitrogen and oxygen atoms in total. The van der Waals surface area contributed by atoms with Crippen molar-refractivity contribution in [3.05, 3.63) is 57.4 Å². The Morgan fingerprint density at radius 1 is 1.16 bits per heavy atom. The fraction of sp³-hybridized carbons (Fsp3) is 0. The summed E-state index contributed by atoms with van der Waals surface area (Å²) in [6.07, 6.45) is 0. The van der Waals surface area contributed by atoms with E-state index in [-0.39, 0.29) is 5.69 Å². The molecule has 0 saturated heterocycles. The summed E-state index contributed by atoms with van der Waals surface area (Å²) in [4.78, 5) is 19.7. The van der Waals surface area contributed by atoms with Crippen LogP contribution < -0.4 is 5.69 Å². The van der Waals surface area contributed by atoms with E-state index in [1.807, 2.05) is 42.5 Å². The van der Waals surface area contributed by atoms with Gasteiger partial charge >= 0.3 is 5.69 Å². The molecule has 2 aromatic heterocycles. The molecule has 5 heteroatoms. The molecule has 19 heavy (non-hydrogen) atoms. The van der Waals surface area contributed by atoms with Crippen molar-refractivity contribution in [2.24, 2.45) is 0 Å². The van der Waals surface area contributed by atoms with E-state index in [2.05, 4.69) is 25.9 Å². The Balaban J connectivity index is 2.39. The first kappa shape index (κ1) is 10.8.